The van der Waals surface area contributed by atoms with E-state index in [2.05, 4.69) is 15.5 Å². The zero-order chi connectivity index (χ0) is 13.1. The van der Waals surface area contributed by atoms with Gasteiger partial charge in [-0.3, -0.25) is 4.79 Å². The number of nitrogens with zero attached hydrogens (tertiary/aromatic N) is 1. The highest BCUT2D eigenvalue weighted by Crippen LogP contribution is 2.33. The van der Waals surface area contributed by atoms with E-state index in [0.717, 1.165) is 42.1 Å². The number of carbonyl (C=O) groups excluding carboxylic acids is 1. The Hall–Kier alpha value is -1.75. The SMILES string of the molecule is CNCCCN(C)c1cc2c(cc1N)CC(=O)N2. The number of nitrogen functional groups attached to an aromatic ring is 1. The highest BCUT2D eigenvalue weighted by molar-refractivity contribution is 6.00. The summed E-state index contributed by atoms with van der Waals surface area (Å²) < 4.78 is 0. The van der Waals surface area contributed by atoms with E-state index in [1.807, 2.05) is 26.2 Å². The van der Waals surface area contributed by atoms with Crippen LogP contribution < -0.4 is 21.3 Å². The van der Waals surface area contributed by atoms with Gasteiger partial charge in [0, 0.05) is 19.3 Å². The van der Waals surface area contributed by atoms with Gasteiger partial charge in [-0.05, 0) is 37.7 Å². The van der Waals surface area contributed by atoms with Crippen molar-refractivity contribution in [2.45, 2.75) is 12.8 Å². The number of fused-ring (bicyclic) bond motifs is 1. The monoisotopic (exact) mass is 248 g/mol. The maximum Gasteiger partial charge on any atom is 0.228 e. The first-order valence-corrected chi connectivity index (χ1v) is 6.20. The second-order valence-corrected chi connectivity index (χ2v) is 4.67. The van der Waals surface area contributed by atoms with Crippen molar-refractivity contribution in [1.82, 2.24) is 5.32 Å². The van der Waals surface area contributed by atoms with Gasteiger partial charge in [-0.15, -0.1) is 0 Å². The summed E-state index contributed by atoms with van der Waals surface area (Å²) in [5, 5.41) is 5.98. The van der Waals surface area contributed by atoms with Crippen LogP contribution in [0.1, 0.15) is 12.0 Å². The Bertz CT molecular complexity index is 459. The predicted octanol–water partition coefficient (Wildman–Crippen LogP) is 0.809. The van der Waals surface area contributed by atoms with Gasteiger partial charge in [0.15, 0.2) is 0 Å². The van der Waals surface area contributed by atoms with Crippen molar-refractivity contribution in [1.29, 1.82) is 0 Å². The molecule has 0 unspecified atom stereocenters. The van der Waals surface area contributed by atoms with Crippen molar-refractivity contribution in [3.8, 4) is 0 Å². The van der Waals surface area contributed by atoms with Gasteiger partial charge in [0.05, 0.1) is 17.8 Å². The third-order valence-electron chi connectivity index (χ3n) is 3.21. The van der Waals surface area contributed by atoms with Gasteiger partial charge in [-0.2, -0.15) is 0 Å². The Labute approximate surface area is 107 Å². The highest BCUT2D eigenvalue weighted by atomic mass is 16.1. The molecule has 0 aromatic heterocycles. The smallest absolute Gasteiger partial charge is 0.228 e. The van der Waals surface area contributed by atoms with Gasteiger partial charge in [-0.25, -0.2) is 0 Å². The zero-order valence-corrected chi connectivity index (χ0v) is 10.9. The number of benzene rings is 1. The molecule has 0 aliphatic carbocycles. The van der Waals surface area contributed by atoms with Gasteiger partial charge in [0.1, 0.15) is 0 Å². The molecule has 0 saturated heterocycles. The third kappa shape index (κ3) is 2.56. The molecular weight excluding hydrogens is 228 g/mol. The van der Waals surface area contributed by atoms with Gasteiger partial charge in [0.2, 0.25) is 5.91 Å². The lowest BCUT2D eigenvalue weighted by molar-refractivity contribution is -0.115. The van der Waals surface area contributed by atoms with E-state index in [9.17, 15) is 4.79 Å². The minimum Gasteiger partial charge on any atom is -0.397 e. The number of hydrogen-bond acceptors (Lipinski definition) is 4. The highest BCUT2D eigenvalue weighted by Gasteiger charge is 2.20. The maximum atomic E-state index is 11.3. The Kier molecular flexibility index (Phi) is 3.72. The molecule has 1 amide bonds. The molecule has 1 aliphatic heterocycles. The van der Waals surface area contributed by atoms with Crippen molar-refractivity contribution in [2.75, 3.05) is 43.1 Å². The van der Waals surface area contributed by atoms with E-state index in [0.29, 0.717) is 6.42 Å². The molecule has 1 aliphatic rings. The molecule has 4 N–H and O–H groups in total. The Morgan fingerprint density at radius 1 is 1.50 bits per heavy atom. The minimum absolute atomic E-state index is 0.0411. The summed E-state index contributed by atoms with van der Waals surface area (Å²) in [5.41, 5.74) is 9.64. The predicted molar refractivity (Wildman–Crippen MR) is 75.0 cm³/mol. The first-order chi connectivity index (χ1) is 8.61. The molecule has 0 saturated carbocycles. The van der Waals surface area contributed by atoms with Crippen LogP contribution in [-0.2, 0) is 11.2 Å². The number of carbonyl (C=O) groups is 1. The lowest BCUT2D eigenvalue weighted by Crippen LogP contribution is -2.23. The fraction of sp³-hybridized carbons (Fsp3) is 0.462. The average Bonchev–Trinajstić information content (AvgIpc) is 2.67. The van der Waals surface area contributed by atoms with Crippen LogP contribution in [0.25, 0.3) is 0 Å². The molecule has 1 aromatic rings. The van der Waals surface area contributed by atoms with E-state index in [1.165, 1.54) is 0 Å². The molecule has 98 valence electrons. The van der Waals surface area contributed by atoms with Crippen LogP contribution in [0.4, 0.5) is 17.1 Å². The van der Waals surface area contributed by atoms with Crippen LogP contribution in [0.15, 0.2) is 12.1 Å². The number of rotatable bonds is 5. The lowest BCUT2D eigenvalue weighted by Gasteiger charge is -2.22. The molecular formula is C13H20N4O. The van der Waals surface area contributed by atoms with Crippen LogP contribution in [0.3, 0.4) is 0 Å². The molecule has 1 aromatic carbocycles. The molecule has 0 bridgehead atoms. The lowest BCUT2D eigenvalue weighted by atomic mass is 10.1. The zero-order valence-electron chi connectivity index (χ0n) is 10.9. The summed E-state index contributed by atoms with van der Waals surface area (Å²) >= 11 is 0. The van der Waals surface area contributed by atoms with Crippen LogP contribution in [0.2, 0.25) is 0 Å². The topological polar surface area (TPSA) is 70.4 Å². The van der Waals surface area contributed by atoms with E-state index < -0.39 is 0 Å². The molecule has 5 heteroatoms. The van der Waals surface area contributed by atoms with Crippen molar-refractivity contribution in [3.05, 3.63) is 17.7 Å². The van der Waals surface area contributed by atoms with Crippen LogP contribution in [0.5, 0.6) is 0 Å². The molecule has 0 atom stereocenters. The Balaban J connectivity index is 2.14. The van der Waals surface area contributed by atoms with Gasteiger partial charge >= 0.3 is 0 Å². The van der Waals surface area contributed by atoms with Gasteiger partial charge in [-0.1, -0.05) is 0 Å². The standard InChI is InChI=1S/C13H20N4O/c1-15-4-3-5-17(2)12-8-11-9(6-10(12)14)7-13(18)16-11/h6,8,15H,3-5,7,14H2,1-2H3,(H,16,18). The maximum absolute atomic E-state index is 11.3. The van der Waals surface area contributed by atoms with Crippen molar-refractivity contribution in [3.63, 3.8) is 0 Å². The minimum atomic E-state index is 0.0411. The first-order valence-electron chi connectivity index (χ1n) is 6.20. The van der Waals surface area contributed by atoms with Crippen molar-refractivity contribution < 1.29 is 4.79 Å². The van der Waals surface area contributed by atoms with Gasteiger partial charge < -0.3 is 21.3 Å². The van der Waals surface area contributed by atoms with Crippen molar-refractivity contribution in [2.24, 2.45) is 0 Å². The fourth-order valence-corrected chi connectivity index (χ4v) is 2.23. The molecule has 5 nitrogen and oxygen atoms in total. The summed E-state index contributed by atoms with van der Waals surface area (Å²) in [7, 11) is 3.96. The number of hydrogen-bond donors (Lipinski definition) is 3. The summed E-state index contributed by atoms with van der Waals surface area (Å²) in [5.74, 6) is 0.0411. The molecule has 1 heterocycles. The molecule has 0 spiro atoms. The third-order valence-corrected chi connectivity index (χ3v) is 3.21. The van der Waals surface area contributed by atoms with E-state index >= 15 is 0 Å². The Morgan fingerprint density at radius 2 is 2.28 bits per heavy atom. The van der Waals surface area contributed by atoms with E-state index in [4.69, 9.17) is 5.73 Å². The molecule has 0 fully saturated rings. The van der Waals surface area contributed by atoms with Crippen LogP contribution in [0, 0.1) is 0 Å². The summed E-state index contributed by atoms with van der Waals surface area (Å²) in [6.45, 7) is 1.91. The fourth-order valence-electron chi connectivity index (χ4n) is 2.23. The Morgan fingerprint density at radius 3 is 3.00 bits per heavy atom. The van der Waals surface area contributed by atoms with Crippen LogP contribution in [-0.4, -0.2) is 33.1 Å². The largest absolute Gasteiger partial charge is 0.397 e. The second-order valence-electron chi connectivity index (χ2n) is 4.67. The molecule has 18 heavy (non-hydrogen) atoms. The molecule has 2 rings (SSSR count). The number of amides is 1. The van der Waals surface area contributed by atoms with Crippen LogP contribution >= 0.6 is 0 Å². The second kappa shape index (κ2) is 5.27. The summed E-state index contributed by atoms with van der Waals surface area (Å²) in [6.07, 6.45) is 1.49. The number of nitrogens with one attached hydrogen (secondary N) is 2. The van der Waals surface area contributed by atoms with Crippen molar-refractivity contribution >= 4 is 23.0 Å². The number of anilines is 3. The average molecular weight is 248 g/mol. The summed E-state index contributed by atoms with van der Waals surface area (Å²) in [6, 6.07) is 3.87. The first kappa shape index (κ1) is 12.7. The quantitative estimate of drug-likeness (QED) is 0.533. The number of nitrogens with two attached hydrogens (primary N) is 1. The summed E-state index contributed by atoms with van der Waals surface area (Å²) in [4.78, 5) is 13.5. The normalized spacial score (nSPS) is 13.3. The van der Waals surface area contributed by atoms with E-state index in [1.54, 1.807) is 0 Å². The van der Waals surface area contributed by atoms with Gasteiger partial charge in [0.25, 0.3) is 0 Å². The van der Waals surface area contributed by atoms with E-state index in [-0.39, 0.29) is 5.91 Å². The molecule has 0 radical (unpaired) electrons.